The summed E-state index contributed by atoms with van der Waals surface area (Å²) in [6.45, 7) is 4.23. The van der Waals surface area contributed by atoms with Gasteiger partial charge in [0.05, 0.1) is 5.39 Å². The van der Waals surface area contributed by atoms with Crippen molar-refractivity contribution in [3.05, 3.63) is 58.9 Å². The molecule has 2 fully saturated rings. The molecule has 0 saturated heterocycles. The van der Waals surface area contributed by atoms with Gasteiger partial charge in [-0.2, -0.15) is 0 Å². The Balaban J connectivity index is 1.64. The van der Waals surface area contributed by atoms with Crippen molar-refractivity contribution in [1.82, 2.24) is 0 Å². The third-order valence-corrected chi connectivity index (χ3v) is 7.36. The fourth-order valence-electron chi connectivity index (χ4n) is 5.75. The van der Waals surface area contributed by atoms with Crippen molar-refractivity contribution in [2.24, 2.45) is 17.8 Å². The van der Waals surface area contributed by atoms with Gasteiger partial charge in [0.15, 0.2) is 11.6 Å². The minimum absolute atomic E-state index is 0.0426. The molecule has 0 aliphatic heterocycles. The summed E-state index contributed by atoms with van der Waals surface area (Å²) in [5, 5.41) is 0.287. The van der Waals surface area contributed by atoms with Crippen LogP contribution >= 0.6 is 0 Å². The molecular formula is C26H31F3. The van der Waals surface area contributed by atoms with Crippen molar-refractivity contribution in [1.29, 1.82) is 0 Å². The fraction of sp³-hybridized carbons (Fsp3) is 0.538. The minimum atomic E-state index is -1.01. The van der Waals surface area contributed by atoms with E-state index in [0.29, 0.717) is 35.3 Å². The van der Waals surface area contributed by atoms with E-state index in [-0.39, 0.29) is 11.3 Å². The van der Waals surface area contributed by atoms with Crippen molar-refractivity contribution in [3.8, 4) is 0 Å². The summed E-state index contributed by atoms with van der Waals surface area (Å²) in [6, 6.07) is 5.19. The van der Waals surface area contributed by atoms with Crippen LogP contribution in [0.1, 0.15) is 75.8 Å². The maximum Gasteiger partial charge on any atom is 0.169 e. The van der Waals surface area contributed by atoms with Crippen LogP contribution in [0.25, 0.3) is 10.8 Å². The first-order chi connectivity index (χ1) is 14.0. The highest BCUT2D eigenvalue weighted by Crippen LogP contribution is 2.48. The molecule has 156 valence electrons. The molecule has 0 amide bonds. The number of rotatable bonds is 4. The largest absolute Gasteiger partial charge is 0.206 e. The maximum absolute atomic E-state index is 15.1. The lowest BCUT2D eigenvalue weighted by Crippen LogP contribution is -2.30. The summed E-state index contributed by atoms with van der Waals surface area (Å²) in [5.74, 6) is -0.278. The van der Waals surface area contributed by atoms with Gasteiger partial charge in [-0.25, -0.2) is 13.2 Å². The molecule has 0 N–H and O–H groups in total. The van der Waals surface area contributed by atoms with Crippen LogP contribution in [-0.4, -0.2) is 0 Å². The second-order valence-electron chi connectivity index (χ2n) is 9.29. The van der Waals surface area contributed by atoms with Gasteiger partial charge in [0.25, 0.3) is 0 Å². The molecule has 2 aromatic rings. The standard InChI is InChI=1S/C26H31F3/c1-3-4-5-6-17-9-12-21-15-22(25(28)26(29)23(21)24(17)27)20-11-10-18-13-16(2)7-8-19(18)14-20/h3-4,9,12,15-16,18-20H,5-8,10-11,13-14H2,1-2H3. The molecule has 0 spiro atoms. The highest BCUT2D eigenvalue weighted by atomic mass is 19.2. The van der Waals surface area contributed by atoms with Crippen LogP contribution < -0.4 is 0 Å². The van der Waals surface area contributed by atoms with Gasteiger partial charge in [0, 0.05) is 0 Å². The zero-order chi connectivity index (χ0) is 20.5. The van der Waals surface area contributed by atoms with E-state index in [1.54, 1.807) is 18.2 Å². The molecule has 2 aliphatic rings. The quantitative estimate of drug-likeness (QED) is 0.455. The van der Waals surface area contributed by atoms with Crippen LogP contribution in [0.4, 0.5) is 13.2 Å². The summed E-state index contributed by atoms with van der Waals surface area (Å²) in [7, 11) is 0. The predicted molar refractivity (Wildman–Crippen MR) is 114 cm³/mol. The van der Waals surface area contributed by atoms with Crippen LogP contribution in [0.2, 0.25) is 0 Å². The topological polar surface area (TPSA) is 0 Å². The van der Waals surface area contributed by atoms with Crippen molar-refractivity contribution >= 4 is 10.8 Å². The molecule has 0 radical (unpaired) electrons. The van der Waals surface area contributed by atoms with Gasteiger partial charge in [-0.15, -0.1) is 0 Å². The van der Waals surface area contributed by atoms with E-state index in [1.165, 1.54) is 19.3 Å². The molecule has 4 rings (SSSR count). The lowest BCUT2D eigenvalue weighted by Gasteiger charge is -2.41. The summed E-state index contributed by atoms with van der Waals surface area (Å²) >= 11 is 0. The van der Waals surface area contributed by atoms with Gasteiger partial charge < -0.3 is 0 Å². The number of halogens is 3. The average molecular weight is 401 g/mol. The van der Waals surface area contributed by atoms with Gasteiger partial charge in [0.1, 0.15) is 5.82 Å². The second kappa shape index (κ2) is 8.53. The van der Waals surface area contributed by atoms with E-state index in [4.69, 9.17) is 0 Å². The lowest BCUT2D eigenvalue weighted by atomic mass is 9.64. The maximum atomic E-state index is 15.1. The molecule has 4 atom stereocenters. The molecule has 0 aromatic heterocycles. The van der Waals surface area contributed by atoms with Crippen LogP contribution in [0.15, 0.2) is 30.4 Å². The normalized spacial score (nSPS) is 27.5. The Labute approximate surface area is 172 Å². The van der Waals surface area contributed by atoms with Crippen LogP contribution in [0.5, 0.6) is 0 Å². The molecule has 4 unspecified atom stereocenters. The fourth-order valence-corrected chi connectivity index (χ4v) is 5.75. The Kier molecular flexibility index (Phi) is 6.03. The molecule has 0 heterocycles. The first kappa shape index (κ1) is 20.5. The van der Waals surface area contributed by atoms with Crippen LogP contribution in [-0.2, 0) is 6.42 Å². The van der Waals surface area contributed by atoms with Gasteiger partial charge in [0.2, 0.25) is 0 Å². The molecule has 2 aromatic carbocycles. The third-order valence-electron chi connectivity index (χ3n) is 7.36. The van der Waals surface area contributed by atoms with E-state index >= 15 is 4.39 Å². The average Bonchev–Trinajstić information content (AvgIpc) is 2.72. The lowest BCUT2D eigenvalue weighted by molar-refractivity contribution is 0.123. The monoisotopic (exact) mass is 400 g/mol. The second-order valence-corrected chi connectivity index (χ2v) is 9.29. The van der Waals surface area contributed by atoms with E-state index in [9.17, 15) is 8.78 Å². The minimum Gasteiger partial charge on any atom is -0.206 e. The van der Waals surface area contributed by atoms with E-state index in [1.807, 2.05) is 19.1 Å². The molecule has 2 saturated carbocycles. The van der Waals surface area contributed by atoms with Gasteiger partial charge in [-0.1, -0.05) is 37.6 Å². The van der Waals surface area contributed by atoms with E-state index < -0.39 is 17.5 Å². The Morgan fingerprint density at radius 3 is 2.48 bits per heavy atom. The Morgan fingerprint density at radius 2 is 1.69 bits per heavy atom. The van der Waals surface area contributed by atoms with Crippen LogP contribution in [0.3, 0.4) is 0 Å². The number of benzene rings is 2. The van der Waals surface area contributed by atoms with Gasteiger partial charge >= 0.3 is 0 Å². The van der Waals surface area contributed by atoms with E-state index in [2.05, 4.69) is 6.92 Å². The molecular weight excluding hydrogens is 369 g/mol. The van der Waals surface area contributed by atoms with Gasteiger partial charge in [-0.05, 0) is 98.1 Å². The number of hydrogen-bond acceptors (Lipinski definition) is 0. The predicted octanol–water partition coefficient (Wildman–Crippen LogP) is 8.09. The first-order valence-corrected chi connectivity index (χ1v) is 11.2. The zero-order valence-corrected chi connectivity index (χ0v) is 17.5. The van der Waals surface area contributed by atoms with Crippen molar-refractivity contribution < 1.29 is 13.2 Å². The van der Waals surface area contributed by atoms with Gasteiger partial charge in [-0.3, -0.25) is 0 Å². The Hall–Kier alpha value is -1.77. The number of hydrogen-bond donors (Lipinski definition) is 0. The van der Waals surface area contributed by atoms with Crippen molar-refractivity contribution in [3.63, 3.8) is 0 Å². The van der Waals surface area contributed by atoms with Crippen molar-refractivity contribution in [2.75, 3.05) is 0 Å². The number of allylic oxidation sites excluding steroid dienone is 2. The smallest absolute Gasteiger partial charge is 0.169 e. The third kappa shape index (κ3) is 3.98. The summed E-state index contributed by atoms with van der Waals surface area (Å²) in [5.41, 5.74) is 0.895. The summed E-state index contributed by atoms with van der Waals surface area (Å²) in [4.78, 5) is 0. The Morgan fingerprint density at radius 1 is 0.931 bits per heavy atom. The SMILES string of the molecule is CC=CCCc1ccc2cc(C3CCC4CC(C)CCC4C3)c(F)c(F)c2c1F. The zero-order valence-electron chi connectivity index (χ0n) is 17.5. The summed E-state index contributed by atoms with van der Waals surface area (Å²) in [6.07, 6.45) is 11.7. The van der Waals surface area contributed by atoms with E-state index in [0.717, 1.165) is 31.1 Å². The number of fused-ring (bicyclic) bond motifs is 2. The highest BCUT2D eigenvalue weighted by molar-refractivity contribution is 5.85. The molecule has 0 nitrogen and oxygen atoms in total. The molecule has 0 bridgehead atoms. The Bertz CT molecular complexity index is 914. The molecule has 2 aliphatic carbocycles. The number of aryl methyl sites for hydroxylation is 1. The molecule has 29 heavy (non-hydrogen) atoms. The summed E-state index contributed by atoms with van der Waals surface area (Å²) < 4.78 is 45.0. The highest BCUT2D eigenvalue weighted by Gasteiger charge is 2.36. The van der Waals surface area contributed by atoms with Crippen LogP contribution in [0, 0.1) is 35.2 Å². The van der Waals surface area contributed by atoms with Crippen molar-refractivity contribution in [2.45, 2.75) is 71.1 Å². The molecule has 3 heteroatoms. The first-order valence-electron chi connectivity index (χ1n) is 11.2.